The van der Waals surface area contributed by atoms with Gasteiger partial charge in [0.05, 0.1) is 39.1 Å². The monoisotopic (exact) mass is 751 g/mol. The Morgan fingerprint density at radius 3 is 2.53 bits per heavy atom. The number of rotatable bonds is 7. The topological polar surface area (TPSA) is 74.8 Å². The molecule has 3 heterocycles. The fourth-order valence-electron chi connectivity index (χ4n) is 6.04. The van der Waals surface area contributed by atoms with Gasteiger partial charge in [0.25, 0.3) is 5.56 Å². The average Bonchev–Trinajstić information content (AvgIpc) is 3.46. The first-order chi connectivity index (χ1) is 22.4. The van der Waals surface area contributed by atoms with E-state index in [1.807, 2.05) is 50.3 Å². The molecule has 1 aliphatic rings. The number of methoxy groups -OCH3 is 1. The van der Waals surface area contributed by atoms with Crippen LogP contribution < -0.4 is 19.6 Å². The number of ether oxygens (including phenoxy) is 2. The van der Waals surface area contributed by atoms with Gasteiger partial charge < -0.3 is 14.0 Å². The number of carbonyl (C=O) groups excluding carboxylic acids is 1. The molecule has 7 nitrogen and oxygen atoms in total. The average molecular weight is 754 g/mol. The van der Waals surface area contributed by atoms with Crippen molar-refractivity contribution in [3.8, 4) is 5.75 Å². The summed E-state index contributed by atoms with van der Waals surface area (Å²) in [6, 6.07) is 16.7. The summed E-state index contributed by atoms with van der Waals surface area (Å²) >= 11 is 17.4. The summed E-state index contributed by atoms with van der Waals surface area (Å²) in [5, 5.41) is 2.03. The second-order valence-corrected chi connectivity index (χ2v) is 14.5. The first kappa shape index (κ1) is 33.3. The molecule has 0 saturated carbocycles. The minimum absolute atomic E-state index is 0.134. The summed E-state index contributed by atoms with van der Waals surface area (Å²) in [7, 11) is 1.33. The van der Waals surface area contributed by atoms with Crippen LogP contribution in [0.15, 0.2) is 80.1 Å². The summed E-state index contributed by atoms with van der Waals surface area (Å²) in [6.07, 6.45) is 1.80. The Labute approximate surface area is 294 Å². The lowest BCUT2D eigenvalue weighted by atomic mass is 9.95. The van der Waals surface area contributed by atoms with E-state index in [-0.39, 0.29) is 17.2 Å². The third-order valence-corrected chi connectivity index (χ3v) is 10.4. The molecular weight excluding hydrogens is 721 g/mol. The van der Waals surface area contributed by atoms with Gasteiger partial charge in [-0.25, -0.2) is 9.79 Å². The van der Waals surface area contributed by atoms with Crippen molar-refractivity contribution in [3.63, 3.8) is 0 Å². The highest BCUT2D eigenvalue weighted by Gasteiger charge is 2.35. The van der Waals surface area contributed by atoms with Gasteiger partial charge >= 0.3 is 5.97 Å². The van der Waals surface area contributed by atoms with Gasteiger partial charge in [-0.1, -0.05) is 68.2 Å². The van der Waals surface area contributed by atoms with Crippen molar-refractivity contribution in [2.45, 2.75) is 53.3 Å². The number of halogens is 3. The zero-order valence-corrected chi connectivity index (χ0v) is 30.6. The van der Waals surface area contributed by atoms with Crippen LogP contribution >= 0.6 is 50.5 Å². The van der Waals surface area contributed by atoms with Gasteiger partial charge in [-0.05, 0) is 88.7 Å². The molecular formula is C36H32BrCl2N3O4S. The maximum Gasteiger partial charge on any atom is 0.338 e. The van der Waals surface area contributed by atoms with Crippen LogP contribution in [0.5, 0.6) is 5.75 Å². The predicted molar refractivity (Wildman–Crippen MR) is 193 cm³/mol. The standard InChI is InChI=1S/C36H32BrCl2N3O4S/c1-18(2)46-30-12-9-23(37)15-26(30)33-32(35(44)45-6)20(4)40-36-42(33)34(43)31(47-36)16-24-21(5)41(29-11-7-19(3)13-25(24)29)17-22-8-10-27(38)28(39)14-22/h7-16,18,33H,17H2,1-6H3/b31-16-/t33-/m0/s1. The lowest BCUT2D eigenvalue weighted by molar-refractivity contribution is -0.136. The summed E-state index contributed by atoms with van der Waals surface area (Å²) in [5.74, 6) is 0.00766. The first-order valence-electron chi connectivity index (χ1n) is 15.0. The van der Waals surface area contributed by atoms with Crippen molar-refractivity contribution in [3.05, 3.63) is 128 Å². The molecule has 1 atom stereocenters. The number of nitrogens with zero attached hydrogens (tertiary/aromatic N) is 3. The Bertz CT molecular complexity index is 2300. The molecule has 0 spiro atoms. The van der Waals surface area contributed by atoms with Gasteiger partial charge in [0, 0.05) is 38.7 Å². The number of thiazole rings is 1. The number of hydrogen-bond donors (Lipinski definition) is 0. The van der Waals surface area contributed by atoms with E-state index in [1.54, 1.807) is 17.6 Å². The third-order valence-electron chi connectivity index (χ3n) is 8.18. The van der Waals surface area contributed by atoms with E-state index in [0.29, 0.717) is 42.9 Å². The van der Waals surface area contributed by atoms with Crippen molar-refractivity contribution < 1.29 is 14.3 Å². The van der Waals surface area contributed by atoms with Crippen LogP contribution in [0.1, 0.15) is 54.8 Å². The van der Waals surface area contributed by atoms with E-state index < -0.39 is 12.0 Å². The zero-order chi connectivity index (χ0) is 33.7. The van der Waals surface area contributed by atoms with Crippen molar-refractivity contribution in [1.29, 1.82) is 0 Å². The molecule has 0 unspecified atom stereocenters. The normalized spacial score (nSPS) is 14.9. The van der Waals surface area contributed by atoms with Gasteiger partial charge in [-0.2, -0.15) is 0 Å². The summed E-state index contributed by atoms with van der Waals surface area (Å²) < 4.78 is 16.5. The van der Waals surface area contributed by atoms with E-state index >= 15 is 0 Å². The first-order valence-corrected chi connectivity index (χ1v) is 17.3. The number of aromatic nitrogens is 2. The molecule has 0 fully saturated rings. The van der Waals surface area contributed by atoms with E-state index in [9.17, 15) is 9.59 Å². The molecule has 5 aromatic rings. The van der Waals surface area contributed by atoms with Gasteiger partial charge in [-0.15, -0.1) is 0 Å². The van der Waals surface area contributed by atoms with Gasteiger partial charge in [0.1, 0.15) is 11.8 Å². The highest BCUT2D eigenvalue weighted by molar-refractivity contribution is 9.10. The highest BCUT2D eigenvalue weighted by atomic mass is 79.9. The number of carbonyl (C=O) groups is 1. The fraction of sp³-hybridized carbons (Fsp3) is 0.250. The Hall–Kier alpha value is -3.63. The number of esters is 1. The molecule has 1 aliphatic heterocycles. The molecule has 2 aromatic heterocycles. The van der Waals surface area contributed by atoms with Crippen LogP contribution in [0.4, 0.5) is 0 Å². The van der Waals surface area contributed by atoms with Crippen molar-refractivity contribution in [2.24, 2.45) is 4.99 Å². The van der Waals surface area contributed by atoms with Crippen LogP contribution in [-0.2, 0) is 16.1 Å². The largest absolute Gasteiger partial charge is 0.491 e. The Balaban J connectivity index is 1.59. The van der Waals surface area contributed by atoms with E-state index in [2.05, 4.69) is 52.5 Å². The lowest BCUT2D eigenvalue weighted by Gasteiger charge is -2.26. The molecule has 242 valence electrons. The smallest absolute Gasteiger partial charge is 0.338 e. The van der Waals surface area contributed by atoms with Crippen LogP contribution in [0.2, 0.25) is 10.0 Å². The maximum atomic E-state index is 14.5. The fourth-order valence-corrected chi connectivity index (χ4v) is 7.77. The Morgan fingerprint density at radius 1 is 1.06 bits per heavy atom. The number of fused-ring (bicyclic) bond motifs is 2. The second-order valence-electron chi connectivity index (χ2n) is 11.8. The Morgan fingerprint density at radius 2 is 1.83 bits per heavy atom. The van der Waals surface area contributed by atoms with Gasteiger partial charge in [0.2, 0.25) is 0 Å². The zero-order valence-electron chi connectivity index (χ0n) is 26.7. The molecule has 0 amide bonds. The minimum atomic E-state index is -0.813. The molecule has 47 heavy (non-hydrogen) atoms. The summed E-state index contributed by atoms with van der Waals surface area (Å²) in [4.78, 5) is 33.0. The van der Waals surface area contributed by atoms with E-state index in [4.69, 9.17) is 37.7 Å². The maximum absolute atomic E-state index is 14.5. The second kappa shape index (κ2) is 13.1. The highest BCUT2D eigenvalue weighted by Crippen LogP contribution is 2.38. The number of aryl methyl sites for hydroxylation is 1. The van der Waals surface area contributed by atoms with Crippen molar-refractivity contribution >= 4 is 73.4 Å². The van der Waals surface area contributed by atoms with Crippen LogP contribution in [0, 0.1) is 13.8 Å². The molecule has 0 N–H and O–H groups in total. The van der Waals surface area contributed by atoms with Gasteiger partial charge in [-0.3, -0.25) is 9.36 Å². The van der Waals surface area contributed by atoms with E-state index in [1.165, 1.54) is 18.4 Å². The van der Waals surface area contributed by atoms with E-state index in [0.717, 1.165) is 37.8 Å². The van der Waals surface area contributed by atoms with Crippen molar-refractivity contribution in [1.82, 2.24) is 9.13 Å². The summed E-state index contributed by atoms with van der Waals surface area (Å²) in [6.45, 7) is 10.3. The quantitative estimate of drug-likeness (QED) is 0.159. The molecule has 0 aliphatic carbocycles. The number of hydrogen-bond acceptors (Lipinski definition) is 6. The minimum Gasteiger partial charge on any atom is -0.491 e. The molecule has 11 heteroatoms. The molecule has 0 radical (unpaired) electrons. The van der Waals surface area contributed by atoms with Crippen LogP contribution in [0.3, 0.4) is 0 Å². The lowest BCUT2D eigenvalue weighted by Crippen LogP contribution is -2.40. The van der Waals surface area contributed by atoms with Gasteiger partial charge in [0.15, 0.2) is 4.80 Å². The van der Waals surface area contributed by atoms with Crippen molar-refractivity contribution in [2.75, 3.05) is 7.11 Å². The van der Waals surface area contributed by atoms with Crippen LogP contribution in [0.25, 0.3) is 17.0 Å². The SMILES string of the molecule is COC(=O)C1=C(C)N=c2s/c(=C\c3c(C)n(Cc4ccc(Cl)c(Cl)c4)c4ccc(C)cc34)c(=O)n2[C@H]1c1cc(Br)ccc1OC(C)C. The molecule has 6 rings (SSSR count). The predicted octanol–water partition coefficient (Wildman–Crippen LogP) is 7.88. The Kier molecular flexibility index (Phi) is 9.28. The third kappa shape index (κ3) is 6.22. The number of allylic oxidation sites excluding steroid dienone is 1. The molecule has 0 saturated heterocycles. The molecule has 3 aromatic carbocycles. The molecule has 0 bridgehead atoms. The summed E-state index contributed by atoms with van der Waals surface area (Å²) in [5.41, 5.74) is 6.21. The van der Waals surface area contributed by atoms with Crippen LogP contribution in [-0.4, -0.2) is 28.3 Å². The number of benzene rings is 3.